The molecule has 5 nitrogen and oxygen atoms in total. The maximum atomic E-state index is 5.24. The number of nitrogens with zero attached hydrogens (tertiary/aromatic N) is 4. The molecule has 4 heterocycles. The highest BCUT2D eigenvalue weighted by atomic mass is 16.5. The zero-order valence-corrected chi connectivity index (χ0v) is 12.7. The van der Waals surface area contributed by atoms with Gasteiger partial charge in [-0.1, -0.05) is 0 Å². The molecule has 4 aliphatic rings. The molecule has 2 atom stereocenters. The van der Waals surface area contributed by atoms with Gasteiger partial charge in [-0.15, -0.1) is 0 Å². The zero-order chi connectivity index (χ0) is 14.2. The molecule has 1 aromatic rings. The van der Waals surface area contributed by atoms with E-state index in [4.69, 9.17) is 4.74 Å². The van der Waals surface area contributed by atoms with Crippen molar-refractivity contribution in [2.45, 2.75) is 31.7 Å². The van der Waals surface area contributed by atoms with E-state index in [1.165, 1.54) is 38.8 Å². The fraction of sp³-hybridized carbons (Fsp3) is 0.750. The Morgan fingerprint density at radius 2 is 2.10 bits per heavy atom. The van der Waals surface area contributed by atoms with E-state index in [2.05, 4.69) is 19.8 Å². The normalized spacial score (nSPS) is 29.5. The van der Waals surface area contributed by atoms with Crippen LogP contribution in [0.3, 0.4) is 0 Å². The molecule has 5 rings (SSSR count). The summed E-state index contributed by atoms with van der Waals surface area (Å²) in [4.78, 5) is 14.1. The van der Waals surface area contributed by atoms with Crippen LogP contribution in [0.5, 0.6) is 5.88 Å². The average Bonchev–Trinajstić information content (AvgIpc) is 3.35. The third kappa shape index (κ3) is 2.84. The molecule has 0 N–H and O–H groups in total. The van der Waals surface area contributed by atoms with Crippen LogP contribution in [0.2, 0.25) is 0 Å². The van der Waals surface area contributed by atoms with Crippen molar-refractivity contribution in [3.8, 4) is 5.88 Å². The molecule has 1 aliphatic carbocycles. The van der Waals surface area contributed by atoms with Crippen molar-refractivity contribution in [2.24, 2.45) is 11.8 Å². The van der Waals surface area contributed by atoms with Gasteiger partial charge in [0.15, 0.2) is 0 Å². The van der Waals surface area contributed by atoms with Gasteiger partial charge in [0.2, 0.25) is 11.8 Å². The minimum atomic E-state index is 0.659. The summed E-state index contributed by atoms with van der Waals surface area (Å²) < 4.78 is 5.24. The highest BCUT2D eigenvalue weighted by molar-refractivity contribution is 5.33. The van der Waals surface area contributed by atoms with E-state index in [9.17, 15) is 0 Å². The number of fused-ring (bicyclic) bond motifs is 4. The Morgan fingerprint density at radius 3 is 2.90 bits per heavy atom. The second-order valence-corrected chi connectivity index (χ2v) is 6.80. The Morgan fingerprint density at radius 1 is 1.19 bits per heavy atom. The van der Waals surface area contributed by atoms with Gasteiger partial charge in [0, 0.05) is 44.5 Å². The van der Waals surface area contributed by atoms with Crippen LogP contribution in [0.15, 0.2) is 12.3 Å². The quantitative estimate of drug-likeness (QED) is 0.845. The molecule has 0 unspecified atom stereocenters. The monoisotopic (exact) mass is 288 g/mol. The first-order valence-corrected chi connectivity index (χ1v) is 8.18. The Hall–Kier alpha value is -1.36. The Bertz CT molecular complexity index is 505. The van der Waals surface area contributed by atoms with E-state index in [0.29, 0.717) is 11.9 Å². The molecule has 21 heavy (non-hydrogen) atoms. The van der Waals surface area contributed by atoms with Gasteiger partial charge in [-0.25, -0.2) is 4.98 Å². The van der Waals surface area contributed by atoms with Crippen molar-refractivity contribution >= 4 is 5.95 Å². The van der Waals surface area contributed by atoms with Crippen LogP contribution in [0.25, 0.3) is 0 Å². The fourth-order valence-corrected chi connectivity index (χ4v) is 3.80. The van der Waals surface area contributed by atoms with Crippen LogP contribution >= 0.6 is 0 Å². The van der Waals surface area contributed by atoms with Crippen molar-refractivity contribution in [3.05, 3.63) is 12.3 Å². The van der Waals surface area contributed by atoms with Crippen molar-refractivity contribution in [3.63, 3.8) is 0 Å². The van der Waals surface area contributed by atoms with Gasteiger partial charge in [0.1, 0.15) is 0 Å². The molecule has 0 amide bonds. The van der Waals surface area contributed by atoms with Crippen molar-refractivity contribution in [1.29, 1.82) is 0 Å². The van der Waals surface area contributed by atoms with E-state index in [1.54, 1.807) is 13.3 Å². The molecule has 1 aromatic heterocycles. The largest absolute Gasteiger partial charge is 0.481 e. The Kier molecular flexibility index (Phi) is 3.45. The number of rotatable bonds is 4. The summed E-state index contributed by atoms with van der Waals surface area (Å²) in [5, 5.41) is 0. The summed E-state index contributed by atoms with van der Waals surface area (Å²) in [6.07, 6.45) is 7.37. The topological polar surface area (TPSA) is 41.5 Å². The van der Waals surface area contributed by atoms with E-state index < -0.39 is 0 Å². The highest BCUT2D eigenvalue weighted by Gasteiger charge is 2.37. The summed E-state index contributed by atoms with van der Waals surface area (Å²) in [5.41, 5.74) is 0. The lowest BCUT2D eigenvalue weighted by Crippen LogP contribution is -2.44. The van der Waals surface area contributed by atoms with Crippen molar-refractivity contribution in [2.75, 3.05) is 38.2 Å². The summed E-state index contributed by atoms with van der Waals surface area (Å²) in [6.45, 7) is 4.73. The van der Waals surface area contributed by atoms with E-state index in [0.717, 1.165) is 30.9 Å². The molecule has 0 aromatic carbocycles. The van der Waals surface area contributed by atoms with E-state index in [-0.39, 0.29) is 0 Å². The number of ether oxygens (including phenoxy) is 1. The smallest absolute Gasteiger partial charge is 0.228 e. The van der Waals surface area contributed by atoms with Gasteiger partial charge in [0.05, 0.1) is 7.11 Å². The van der Waals surface area contributed by atoms with E-state index in [1.807, 2.05) is 6.07 Å². The van der Waals surface area contributed by atoms with Crippen LogP contribution in [0.4, 0.5) is 5.95 Å². The lowest BCUT2D eigenvalue weighted by Gasteiger charge is -2.36. The van der Waals surface area contributed by atoms with Gasteiger partial charge < -0.3 is 9.64 Å². The summed E-state index contributed by atoms with van der Waals surface area (Å²) in [7, 11) is 1.66. The van der Waals surface area contributed by atoms with Gasteiger partial charge >= 0.3 is 0 Å². The first-order chi connectivity index (χ1) is 10.3. The van der Waals surface area contributed by atoms with Crippen molar-refractivity contribution in [1.82, 2.24) is 14.9 Å². The molecule has 2 bridgehead atoms. The van der Waals surface area contributed by atoms with Crippen LogP contribution < -0.4 is 9.64 Å². The van der Waals surface area contributed by atoms with Gasteiger partial charge in [-0.05, 0) is 37.5 Å². The molecular formula is C16H24N4O. The van der Waals surface area contributed by atoms with Gasteiger partial charge in [-0.2, -0.15) is 4.98 Å². The zero-order valence-electron chi connectivity index (χ0n) is 12.7. The second-order valence-electron chi connectivity index (χ2n) is 6.80. The predicted octanol–water partition coefficient (Wildman–Crippen LogP) is 1.80. The van der Waals surface area contributed by atoms with Gasteiger partial charge in [0.25, 0.3) is 0 Å². The maximum Gasteiger partial charge on any atom is 0.228 e. The van der Waals surface area contributed by atoms with Crippen LogP contribution in [0, 0.1) is 11.8 Å². The number of hydrogen-bond donors (Lipinski definition) is 0. The lowest BCUT2D eigenvalue weighted by atomic mass is 9.95. The summed E-state index contributed by atoms with van der Waals surface area (Å²) >= 11 is 0. The fourth-order valence-electron chi connectivity index (χ4n) is 3.80. The molecule has 0 spiro atoms. The van der Waals surface area contributed by atoms with Crippen molar-refractivity contribution < 1.29 is 4.74 Å². The van der Waals surface area contributed by atoms with E-state index >= 15 is 0 Å². The minimum absolute atomic E-state index is 0.659. The minimum Gasteiger partial charge on any atom is -0.481 e. The number of piperidine rings is 1. The maximum absolute atomic E-state index is 5.24. The lowest BCUT2D eigenvalue weighted by molar-refractivity contribution is 0.128. The molecule has 5 heteroatoms. The standard InChI is InChI=1S/C16H24N4O/c1-21-15-6-7-17-16(18-15)20-10-13-4-5-14(11-20)19(9-13)8-12-2-3-12/h6-7,12-14H,2-5,8-11H2,1H3/t13-,14-/m1/s1. The second kappa shape index (κ2) is 5.44. The third-order valence-corrected chi connectivity index (χ3v) is 5.13. The summed E-state index contributed by atoms with van der Waals surface area (Å²) in [5.74, 6) is 3.23. The Labute approximate surface area is 126 Å². The SMILES string of the molecule is COc1ccnc(N2C[C@@H]3CC[C@H](C2)N(CC2CC2)C3)n1. The first kappa shape index (κ1) is 13.3. The molecular weight excluding hydrogens is 264 g/mol. The molecule has 1 saturated carbocycles. The average molecular weight is 288 g/mol. The molecule has 4 fully saturated rings. The van der Waals surface area contributed by atoms with Crippen LogP contribution in [-0.4, -0.2) is 54.2 Å². The highest BCUT2D eigenvalue weighted by Crippen LogP contribution is 2.35. The molecule has 3 aliphatic heterocycles. The molecule has 3 saturated heterocycles. The van der Waals surface area contributed by atoms with Crippen LogP contribution in [-0.2, 0) is 0 Å². The molecule has 114 valence electrons. The number of methoxy groups -OCH3 is 1. The van der Waals surface area contributed by atoms with Crippen LogP contribution in [0.1, 0.15) is 25.7 Å². The number of aromatic nitrogens is 2. The first-order valence-electron chi connectivity index (χ1n) is 8.18. The number of hydrogen-bond acceptors (Lipinski definition) is 5. The van der Waals surface area contributed by atoms with Gasteiger partial charge in [-0.3, -0.25) is 4.90 Å². The predicted molar refractivity (Wildman–Crippen MR) is 81.6 cm³/mol. The summed E-state index contributed by atoms with van der Waals surface area (Å²) in [6, 6.07) is 2.49. The number of anilines is 1. The molecule has 0 radical (unpaired) electrons. The Balaban J connectivity index is 1.52. The third-order valence-electron chi connectivity index (χ3n) is 5.13.